The molecule has 0 aliphatic heterocycles. The number of rotatable bonds is 27. The Labute approximate surface area is 870 Å². The Bertz CT molecular complexity index is 7060. The van der Waals surface area contributed by atoms with Gasteiger partial charge in [0.15, 0.2) is 0 Å². The molecule has 17 aromatic rings. The van der Waals surface area contributed by atoms with Gasteiger partial charge < -0.3 is 52.1 Å². The van der Waals surface area contributed by atoms with Crippen LogP contribution in [0.2, 0.25) is 0 Å². The molecule has 0 aromatic heterocycles. The molecule has 10 nitrogen and oxygen atoms in total. The average Bonchev–Trinajstić information content (AvgIpc) is 0.778. The zero-order valence-corrected chi connectivity index (χ0v) is 91.7. The smallest absolute Gasteiger partial charge is 0.131 e. The quantitative estimate of drug-likeness (QED) is 0.0225. The summed E-state index contributed by atoms with van der Waals surface area (Å²) in [4.78, 5) is 0. The predicted molar refractivity (Wildman–Crippen MR) is 631 cm³/mol. The highest BCUT2D eigenvalue weighted by molar-refractivity contribution is 7.57. The van der Waals surface area contributed by atoms with Crippen LogP contribution >= 0.6 is 42.9 Å². The second-order valence-corrected chi connectivity index (χ2v) is 48.2. The Morgan fingerprint density at radius 2 is 0.490 bits per heavy atom. The van der Waals surface area contributed by atoms with E-state index >= 15 is 0 Å². The second-order valence-electron chi connectivity index (χ2n) is 41.6. The van der Waals surface area contributed by atoms with E-state index in [1.54, 1.807) is 12.1 Å². The molecule has 5 atom stereocenters. The first-order valence-corrected chi connectivity index (χ1v) is 54.6. The van der Waals surface area contributed by atoms with Crippen LogP contribution in [0.5, 0.6) is 28.7 Å². The maximum atomic E-state index is 14.1. The van der Waals surface area contributed by atoms with Crippen molar-refractivity contribution in [1.29, 1.82) is 0 Å². The minimum atomic E-state index is -0.249. The van der Waals surface area contributed by atoms with Crippen LogP contribution in [0.1, 0.15) is 143 Å². The largest absolute Gasteiger partial charge is 0.507 e. The van der Waals surface area contributed by atoms with Crippen LogP contribution in [0.25, 0.3) is 77.9 Å². The molecule has 10 N–H and O–H groups in total. The van der Waals surface area contributed by atoms with Crippen molar-refractivity contribution < 1.29 is 29.9 Å². The van der Waals surface area contributed by atoms with Crippen LogP contribution in [-0.2, 0) is 32.7 Å². The highest BCUT2D eigenvalue weighted by atomic mass is 31.1. The fourth-order valence-corrected chi connectivity index (χ4v) is 22.4. The summed E-state index contributed by atoms with van der Waals surface area (Å²) in [7, 11) is 1.80. The summed E-state index contributed by atoms with van der Waals surface area (Å²) in [6.07, 6.45) is 0. The first-order valence-electron chi connectivity index (χ1n) is 49.6. The summed E-state index contributed by atoms with van der Waals surface area (Å²) in [5.74, 6) is 1.51. The van der Waals surface area contributed by atoms with E-state index < -0.39 is 0 Å². The number of nitrogens with one attached hydrogen (secondary N) is 5. The van der Waals surface area contributed by atoms with E-state index in [0.717, 1.165) is 130 Å². The van der Waals surface area contributed by atoms with E-state index in [0.29, 0.717) is 63.9 Å². The second kappa shape index (κ2) is 51.6. The molecule has 0 spiro atoms. The Kier molecular flexibility index (Phi) is 39.1. The summed E-state index contributed by atoms with van der Waals surface area (Å²) in [5.41, 5.74) is 23.4. The van der Waals surface area contributed by atoms with E-state index in [9.17, 15) is 29.9 Å². The summed E-state index contributed by atoms with van der Waals surface area (Å²) in [6, 6.07) is 132. The number of halogens is 1. The molecule has 0 bridgehead atoms. The van der Waals surface area contributed by atoms with E-state index in [2.05, 4.69) is 332 Å². The van der Waals surface area contributed by atoms with Gasteiger partial charge in [0, 0.05) is 104 Å². The Hall–Kier alpha value is -12.4. The fraction of sp³-hybridized carbons (Fsp3) is 0.209. The minimum Gasteiger partial charge on any atom is -0.507 e. The third kappa shape index (κ3) is 33.8. The van der Waals surface area contributed by atoms with E-state index in [4.69, 9.17) is 0 Å². The Morgan fingerprint density at radius 3 is 0.876 bits per heavy atom. The summed E-state index contributed by atoms with van der Waals surface area (Å²) < 4.78 is 14.1. The molecule has 16 heteroatoms. The van der Waals surface area contributed by atoms with E-state index in [-0.39, 0.29) is 47.8 Å². The highest BCUT2D eigenvalue weighted by Crippen LogP contribution is 2.40. The summed E-state index contributed by atoms with van der Waals surface area (Å²) in [5, 5.41) is 83.1. The van der Waals surface area contributed by atoms with Crippen molar-refractivity contribution in [2.45, 2.75) is 178 Å². The van der Waals surface area contributed by atoms with Crippen molar-refractivity contribution >= 4 is 95.9 Å². The third-order valence-electron chi connectivity index (χ3n) is 24.0. The molecule has 17 aromatic carbocycles. The molecule has 0 saturated heterocycles. The van der Waals surface area contributed by atoms with Crippen LogP contribution < -0.4 is 79.6 Å². The van der Waals surface area contributed by atoms with E-state index in [1.807, 2.05) is 188 Å². The van der Waals surface area contributed by atoms with Crippen LogP contribution in [0.4, 0.5) is 4.39 Å². The number of para-hydroxylation sites is 1. The van der Waals surface area contributed by atoms with Gasteiger partial charge in [-0.2, -0.15) is 0 Å². The van der Waals surface area contributed by atoms with Crippen molar-refractivity contribution in [1.82, 2.24) is 26.6 Å². The van der Waals surface area contributed by atoms with Gasteiger partial charge in [0.2, 0.25) is 0 Å². The molecule has 0 amide bonds. The summed E-state index contributed by atoms with van der Waals surface area (Å²) in [6.45, 7) is 40.5. The Morgan fingerprint density at radius 1 is 0.207 bits per heavy atom. The maximum absolute atomic E-state index is 14.1. The molecule has 5 unspecified atom stereocenters. The van der Waals surface area contributed by atoms with Crippen LogP contribution in [0.3, 0.4) is 0 Å². The van der Waals surface area contributed by atoms with E-state index in [1.165, 1.54) is 71.8 Å². The number of benzene rings is 17. The summed E-state index contributed by atoms with van der Waals surface area (Å²) >= 11 is 0. The number of hydrogen-bond donors (Lipinski definition) is 10. The van der Waals surface area contributed by atoms with Crippen LogP contribution in [0, 0.1) is 19.7 Å². The van der Waals surface area contributed by atoms with Crippen molar-refractivity contribution in [2.24, 2.45) is 0 Å². The molecular weight excluding hydrogens is 1870 g/mol. The van der Waals surface area contributed by atoms with Crippen molar-refractivity contribution in [3.05, 3.63) is 439 Å². The number of hydrogen-bond acceptors (Lipinski definition) is 10. The topological polar surface area (TPSA) is 161 Å². The zero-order valence-electron chi connectivity index (χ0n) is 86.7. The van der Waals surface area contributed by atoms with Gasteiger partial charge >= 0.3 is 0 Å². The molecule has 0 aliphatic carbocycles. The van der Waals surface area contributed by atoms with Gasteiger partial charge in [-0.3, -0.25) is 0 Å². The Balaban J connectivity index is 0.000000152. The lowest BCUT2D eigenvalue weighted by molar-refractivity contribution is 0.424. The zero-order chi connectivity index (χ0) is 103. The number of aryl methyl sites for hydroxylation is 2. The van der Waals surface area contributed by atoms with Gasteiger partial charge in [0.05, 0.1) is 0 Å². The monoisotopic (exact) mass is 2010 g/mol. The van der Waals surface area contributed by atoms with Crippen molar-refractivity contribution in [3.8, 4) is 107 Å². The molecule has 0 radical (unpaired) electrons. The lowest BCUT2D eigenvalue weighted by atomic mass is 9.98. The lowest BCUT2D eigenvalue weighted by Crippen LogP contribution is -2.36. The predicted octanol–water partition coefficient (Wildman–Crippen LogP) is 27.0. The first kappa shape index (κ1) is 110. The minimum absolute atomic E-state index is 0.0477. The van der Waals surface area contributed by atoms with Crippen LogP contribution in [0.15, 0.2) is 394 Å². The normalized spacial score (nSPS) is 11.9. The molecule has 0 heterocycles. The third-order valence-corrected chi connectivity index (χ3v) is 31.3. The molecule has 0 saturated carbocycles. The molecular formula is C129H141FN5O5P5. The maximum Gasteiger partial charge on any atom is 0.131 e. The SMILES string of the molecule is CC(C)(C)NCc1cc(F)ccc1Pc1cc(-c2ccccc2)cc(-c2ccccc2)c1O.CC(C)(C)NCc1ccccc1Pc1cc(-c2ccccc2)cc(-c2ccccc2)c1O.CC(C)(C)NCc1ccccc1Pc1cc(-c2ccccc2)ccc1O.Cc1ccc(Pc2cc(-c3ccccc3)ccc2O)c(CNC(C)(C)C)c1.Cc1cccc(CNC(C)(C)C)c1Pc1cccc(-c2ccccc2)c1O. The lowest BCUT2D eigenvalue weighted by Gasteiger charge is -2.22. The van der Waals surface area contributed by atoms with Crippen LogP contribution in [-0.4, -0.2) is 53.2 Å². The van der Waals surface area contributed by atoms with Gasteiger partial charge in [0.1, 0.15) is 34.6 Å². The molecule has 744 valence electrons. The van der Waals surface area contributed by atoms with Gasteiger partial charge in [-0.25, -0.2) is 4.39 Å². The highest BCUT2D eigenvalue weighted by Gasteiger charge is 2.24. The van der Waals surface area contributed by atoms with Crippen molar-refractivity contribution in [3.63, 3.8) is 0 Å². The van der Waals surface area contributed by atoms with Gasteiger partial charge in [-0.15, -0.1) is 0 Å². The number of aromatic hydroxyl groups is 5. The molecule has 0 aliphatic rings. The van der Waals surface area contributed by atoms with Gasteiger partial charge in [-0.1, -0.05) is 382 Å². The average molecular weight is 2020 g/mol. The standard InChI is InChI=1S/C29H29FNOP.C29H30NOP.2C24H28NOP.C23H26NOP/c1-29(2,3)31-19-23-16-24(30)14-15-26(23)33-27-18-22(20-10-6-4-7-11-20)17-25(28(27)32)21-12-8-5-9-13-21;1-29(2,3)30-20-23-16-10-11-17-26(23)32-27-19-24(21-12-6-4-7-13-21)18-25(28(27)31)22-14-8-5-9-15-22;1-17-10-8-13-19(16-25-24(2,3)4)23(17)27-21-15-9-14-20(22(21)26)18-11-6-5-7-12-18;1-17-10-13-22(20(14-17)16-25-24(2,3)4)27-23-15-19(11-12-21(23)26)18-8-6-5-7-9-18;1-23(2,3)24-16-19-11-7-8-12-21(19)26-22-15-18(13-14-20(22)25)17-9-5-4-6-10-17/h4-18,31-33H,19H2,1-3H3;4-19,30-32H,20H2,1-3H3;2*5-15,25-27H,16H2,1-4H3;4-15,24-26H,16H2,1-3H3. The molecule has 0 fully saturated rings. The van der Waals surface area contributed by atoms with Gasteiger partial charge in [0.25, 0.3) is 0 Å². The van der Waals surface area contributed by atoms with Crippen molar-refractivity contribution in [2.75, 3.05) is 0 Å². The van der Waals surface area contributed by atoms with Gasteiger partial charge in [-0.05, 0) is 299 Å². The fourth-order valence-electron chi connectivity index (χ4n) is 16.1. The number of phenolic OH excluding ortho intramolecular Hbond substituents is 5. The number of phenols is 5. The first-order chi connectivity index (χ1) is 69.3. The molecule has 145 heavy (non-hydrogen) atoms. The molecule has 17 rings (SSSR count).